The number of hydrogen-bond acceptors (Lipinski definition) is 6. The molecule has 9 heteroatoms. The van der Waals surface area contributed by atoms with Crippen LogP contribution in [0.15, 0.2) is 46.1 Å². The molecular weight excluding hydrogens is 412 g/mol. The Kier molecular flexibility index (Phi) is 8.30. The second kappa shape index (κ2) is 10.5. The molecule has 3 rings (SSSR count). The van der Waals surface area contributed by atoms with Gasteiger partial charge in [0.2, 0.25) is 0 Å². The first-order chi connectivity index (χ1) is 12.9. The van der Waals surface area contributed by atoms with E-state index in [0.717, 1.165) is 5.56 Å². The highest BCUT2D eigenvalue weighted by atomic mass is 35.5. The van der Waals surface area contributed by atoms with Gasteiger partial charge >= 0.3 is 0 Å². The number of aromatic nitrogens is 1. The lowest BCUT2D eigenvalue weighted by Crippen LogP contribution is -2.04. The highest BCUT2D eigenvalue weighted by molar-refractivity contribution is 7.80. The third-order valence-corrected chi connectivity index (χ3v) is 4.64. The molecule has 144 valence electrons. The first-order valence-corrected chi connectivity index (χ1v) is 9.49. The average molecular weight is 430 g/mol. The van der Waals surface area contributed by atoms with Gasteiger partial charge in [-0.2, -0.15) is 0 Å². The van der Waals surface area contributed by atoms with Gasteiger partial charge in [-0.3, -0.25) is 0 Å². The lowest BCUT2D eigenvalue weighted by Gasteiger charge is -2.11. The number of thiol groups is 1. The molecule has 0 fully saturated rings. The largest absolute Gasteiger partial charge is 0.383 e. The van der Waals surface area contributed by atoms with Gasteiger partial charge in [-0.15, -0.1) is 24.0 Å². The van der Waals surface area contributed by atoms with Gasteiger partial charge < -0.3 is 15.8 Å². The number of anilines is 2. The Hall–Kier alpha value is -1.87. The van der Waals surface area contributed by atoms with Gasteiger partial charge in [-0.1, -0.05) is 17.7 Å². The second-order valence-corrected chi connectivity index (χ2v) is 7.02. The summed E-state index contributed by atoms with van der Waals surface area (Å²) in [6.45, 7) is 0.589. The van der Waals surface area contributed by atoms with Crippen LogP contribution in [0, 0.1) is 11.6 Å². The minimum absolute atomic E-state index is 0.166. The maximum atomic E-state index is 13.8. The molecule has 2 aromatic carbocycles. The first-order valence-electron chi connectivity index (χ1n) is 7.72. The Balaban J connectivity index is 0.000000369. The van der Waals surface area contributed by atoms with E-state index >= 15 is 0 Å². The number of thiazole rings is 1. The summed E-state index contributed by atoms with van der Waals surface area (Å²) in [5, 5.41) is 5.04. The van der Waals surface area contributed by atoms with Crippen LogP contribution < -0.4 is 11.1 Å². The van der Waals surface area contributed by atoms with E-state index in [-0.39, 0.29) is 17.3 Å². The minimum Gasteiger partial charge on any atom is -0.383 e. The van der Waals surface area contributed by atoms with E-state index in [0.29, 0.717) is 28.7 Å². The van der Waals surface area contributed by atoms with Gasteiger partial charge in [0, 0.05) is 29.5 Å². The van der Waals surface area contributed by atoms with E-state index in [1.165, 1.54) is 29.5 Å². The van der Waals surface area contributed by atoms with Crippen molar-refractivity contribution in [1.29, 1.82) is 0 Å². The molecule has 3 N–H and O–H groups in total. The molecule has 27 heavy (non-hydrogen) atoms. The van der Waals surface area contributed by atoms with Crippen LogP contribution in [0.4, 0.5) is 20.3 Å². The molecule has 0 unspecified atom stereocenters. The van der Waals surface area contributed by atoms with Crippen molar-refractivity contribution in [3.05, 3.63) is 69.0 Å². The predicted molar refractivity (Wildman–Crippen MR) is 110 cm³/mol. The van der Waals surface area contributed by atoms with Crippen molar-refractivity contribution < 1.29 is 13.5 Å². The number of nitrogens with one attached hydrogen (secondary N) is 1. The van der Waals surface area contributed by atoms with Crippen molar-refractivity contribution in [2.75, 3.05) is 18.2 Å². The highest BCUT2D eigenvalue weighted by Gasteiger charge is 2.08. The molecule has 0 bridgehead atoms. The lowest BCUT2D eigenvalue weighted by molar-refractivity contribution is 0.185. The van der Waals surface area contributed by atoms with Gasteiger partial charge in [0.15, 0.2) is 0 Å². The monoisotopic (exact) mass is 429 g/mol. The molecule has 0 aliphatic carbocycles. The van der Waals surface area contributed by atoms with Crippen LogP contribution in [0.25, 0.3) is 0 Å². The van der Waals surface area contributed by atoms with Crippen LogP contribution in [0.5, 0.6) is 0 Å². The first kappa shape index (κ1) is 21.4. The molecule has 0 amide bonds. The molecule has 0 aliphatic heterocycles. The summed E-state index contributed by atoms with van der Waals surface area (Å²) >= 11 is 11.4. The molecule has 4 nitrogen and oxygen atoms in total. The summed E-state index contributed by atoms with van der Waals surface area (Å²) in [5.41, 5.74) is 8.59. The normalized spacial score (nSPS) is 10.3. The smallest absolute Gasteiger partial charge is 0.138 e. The highest BCUT2D eigenvalue weighted by Crippen LogP contribution is 2.28. The van der Waals surface area contributed by atoms with Crippen molar-refractivity contribution in [2.24, 2.45) is 0 Å². The van der Waals surface area contributed by atoms with Crippen LogP contribution in [-0.4, -0.2) is 12.1 Å². The number of nitrogen functional groups attached to an aromatic ring is 1. The van der Waals surface area contributed by atoms with E-state index in [1.54, 1.807) is 30.1 Å². The maximum absolute atomic E-state index is 13.8. The summed E-state index contributed by atoms with van der Waals surface area (Å²) in [6.07, 6.45) is 0. The van der Waals surface area contributed by atoms with Crippen molar-refractivity contribution in [1.82, 2.24) is 4.98 Å². The van der Waals surface area contributed by atoms with Gasteiger partial charge in [0.1, 0.15) is 17.5 Å². The fraction of sp³-hybridized carbons (Fsp3) is 0.167. The van der Waals surface area contributed by atoms with Crippen molar-refractivity contribution in [3.63, 3.8) is 0 Å². The van der Waals surface area contributed by atoms with Crippen LogP contribution in [-0.2, 0) is 17.9 Å². The molecule has 1 aromatic heterocycles. The number of ether oxygens (including phenoxy) is 1. The molecule has 0 saturated carbocycles. The quantitative estimate of drug-likeness (QED) is 0.476. The van der Waals surface area contributed by atoms with Crippen LogP contribution >= 0.6 is 35.6 Å². The SMILES string of the molecule is COCc1ccc(F)c(CNc2cc(F)c(S)cc2Cl)c1.Nc1cscn1. The van der Waals surface area contributed by atoms with E-state index < -0.39 is 5.82 Å². The molecule has 0 aliphatic rings. The third kappa shape index (κ3) is 6.66. The van der Waals surface area contributed by atoms with E-state index in [4.69, 9.17) is 22.1 Å². The van der Waals surface area contributed by atoms with Gasteiger partial charge in [0.25, 0.3) is 0 Å². The molecule has 1 heterocycles. The number of rotatable bonds is 5. The van der Waals surface area contributed by atoms with Crippen molar-refractivity contribution in [3.8, 4) is 0 Å². The summed E-state index contributed by atoms with van der Waals surface area (Å²) in [7, 11) is 1.57. The molecule has 0 radical (unpaired) electrons. The Morgan fingerprint density at radius 3 is 2.63 bits per heavy atom. The van der Waals surface area contributed by atoms with Crippen molar-refractivity contribution in [2.45, 2.75) is 18.0 Å². The summed E-state index contributed by atoms with van der Waals surface area (Å²) in [6, 6.07) is 7.37. The van der Waals surface area contributed by atoms with E-state index in [2.05, 4.69) is 22.9 Å². The van der Waals surface area contributed by atoms with Crippen LogP contribution in [0.2, 0.25) is 5.02 Å². The van der Waals surface area contributed by atoms with Crippen LogP contribution in [0.3, 0.4) is 0 Å². The van der Waals surface area contributed by atoms with Crippen LogP contribution in [0.1, 0.15) is 11.1 Å². The predicted octanol–water partition coefficient (Wildman–Crippen LogP) is 5.39. The van der Waals surface area contributed by atoms with Crippen molar-refractivity contribution >= 4 is 47.1 Å². The summed E-state index contributed by atoms with van der Waals surface area (Å²) < 4.78 is 32.2. The van der Waals surface area contributed by atoms with Gasteiger partial charge in [-0.25, -0.2) is 13.8 Å². The Bertz CT molecular complexity index is 879. The maximum Gasteiger partial charge on any atom is 0.138 e. The zero-order valence-corrected chi connectivity index (χ0v) is 16.8. The van der Waals surface area contributed by atoms with E-state index in [1.807, 2.05) is 0 Å². The number of hydrogen-bond donors (Lipinski definition) is 3. The summed E-state index contributed by atoms with van der Waals surface area (Å²) in [4.78, 5) is 3.88. The number of methoxy groups -OCH3 is 1. The molecular formula is C18H18ClF2N3OS2. The number of nitrogens with two attached hydrogens (primary N) is 1. The van der Waals surface area contributed by atoms with Gasteiger partial charge in [0.05, 0.1) is 22.8 Å². The topological polar surface area (TPSA) is 60.2 Å². The summed E-state index contributed by atoms with van der Waals surface area (Å²) in [5.74, 6) is -0.219. The van der Waals surface area contributed by atoms with Gasteiger partial charge in [-0.05, 0) is 29.8 Å². The Labute approximate surface area is 170 Å². The zero-order chi connectivity index (χ0) is 19.8. The third-order valence-electron chi connectivity index (χ3n) is 3.38. The molecule has 0 atom stereocenters. The fourth-order valence-electron chi connectivity index (χ4n) is 2.10. The minimum atomic E-state index is -0.487. The number of halogens is 3. The molecule has 0 spiro atoms. The fourth-order valence-corrected chi connectivity index (χ4v) is 3.05. The standard InChI is InChI=1S/C15H14ClF2NOS.C3H4N2S/c1-20-8-9-2-3-12(17)10(4-9)7-19-14-6-13(18)15(21)5-11(14)16;4-3-1-6-2-5-3/h2-6,19,21H,7-8H2,1H3;1-2H,4H2. The Morgan fingerprint density at radius 2 is 2.04 bits per heavy atom. The lowest BCUT2D eigenvalue weighted by atomic mass is 10.1. The second-order valence-electron chi connectivity index (χ2n) is 5.41. The molecule has 3 aromatic rings. The number of nitrogens with zero attached hydrogens (tertiary/aromatic N) is 1. The Morgan fingerprint density at radius 1 is 1.26 bits per heavy atom. The molecule has 0 saturated heterocycles. The zero-order valence-electron chi connectivity index (χ0n) is 14.4. The van der Waals surface area contributed by atoms with E-state index in [9.17, 15) is 8.78 Å². The number of benzene rings is 2. The average Bonchev–Trinajstić information content (AvgIpc) is 3.11.